The van der Waals surface area contributed by atoms with Crippen molar-refractivity contribution in [2.45, 2.75) is 60.8 Å². The summed E-state index contributed by atoms with van der Waals surface area (Å²) in [6.45, 7) is 0. The Morgan fingerprint density at radius 1 is 1.12 bits per heavy atom. The molecule has 2 heterocycles. The number of rotatable bonds is 5. The quantitative estimate of drug-likeness (QED) is 0.561. The molecular formula is C23H22ClN3O3S2. The van der Waals surface area contributed by atoms with Crippen LogP contribution in [0.3, 0.4) is 0 Å². The fourth-order valence-corrected chi connectivity index (χ4v) is 8.01. The molecule has 0 atom stereocenters. The molecule has 0 bridgehead atoms. The zero-order valence-corrected chi connectivity index (χ0v) is 19.6. The zero-order valence-electron chi connectivity index (χ0n) is 17.3. The molecule has 1 aromatic carbocycles. The summed E-state index contributed by atoms with van der Waals surface area (Å²) in [6.07, 6.45) is 6.90. The zero-order chi connectivity index (χ0) is 22.1. The molecule has 3 aliphatic carbocycles. The number of carbonyl (C=O) groups excluding carboxylic acids is 1. The number of amides is 1. The minimum atomic E-state index is -3.40. The summed E-state index contributed by atoms with van der Waals surface area (Å²) in [6, 6.07) is 8.98. The van der Waals surface area contributed by atoms with Crippen LogP contribution in [0.25, 0.3) is 10.2 Å². The topological polar surface area (TPSA) is 89.0 Å². The van der Waals surface area contributed by atoms with Crippen molar-refractivity contribution in [3.05, 3.63) is 52.1 Å². The molecule has 166 valence electrons. The van der Waals surface area contributed by atoms with Gasteiger partial charge in [-0.3, -0.25) is 4.79 Å². The van der Waals surface area contributed by atoms with Gasteiger partial charge in [0.1, 0.15) is 0 Å². The third-order valence-corrected chi connectivity index (χ3v) is 10.6. The molecule has 2 aromatic heterocycles. The van der Waals surface area contributed by atoms with E-state index in [-0.39, 0.29) is 22.2 Å². The van der Waals surface area contributed by atoms with E-state index in [1.165, 1.54) is 22.0 Å². The molecule has 9 heteroatoms. The van der Waals surface area contributed by atoms with Crippen LogP contribution in [0.15, 0.2) is 41.6 Å². The van der Waals surface area contributed by atoms with Crippen LogP contribution in [0.1, 0.15) is 59.8 Å². The van der Waals surface area contributed by atoms with E-state index in [0.29, 0.717) is 34.8 Å². The number of hydrogen-bond acceptors (Lipinski definition) is 6. The predicted octanol–water partition coefficient (Wildman–Crippen LogP) is 4.74. The maximum Gasteiger partial charge on any atom is 0.251 e. The van der Waals surface area contributed by atoms with Crippen molar-refractivity contribution in [1.82, 2.24) is 15.3 Å². The van der Waals surface area contributed by atoms with Crippen LogP contribution in [0, 0.1) is 5.41 Å². The van der Waals surface area contributed by atoms with Crippen LogP contribution in [0.2, 0.25) is 5.02 Å². The molecule has 1 amide bonds. The summed E-state index contributed by atoms with van der Waals surface area (Å²) in [7, 11) is -3.40. The fraction of sp³-hybridized carbons (Fsp3) is 0.435. The molecule has 1 spiro atoms. The van der Waals surface area contributed by atoms with Gasteiger partial charge in [0.15, 0.2) is 14.9 Å². The molecule has 3 saturated carbocycles. The van der Waals surface area contributed by atoms with E-state index in [4.69, 9.17) is 16.6 Å². The van der Waals surface area contributed by atoms with Crippen LogP contribution >= 0.6 is 22.9 Å². The number of nitrogens with one attached hydrogen (secondary N) is 1. The number of hydrogen-bond donors (Lipinski definition) is 1. The third kappa shape index (κ3) is 3.53. The fourth-order valence-electron chi connectivity index (χ4n) is 5.20. The predicted molar refractivity (Wildman–Crippen MR) is 124 cm³/mol. The van der Waals surface area contributed by atoms with Crippen LogP contribution < -0.4 is 5.32 Å². The minimum absolute atomic E-state index is 0.0108. The normalized spacial score (nSPS) is 27.2. The molecule has 3 aromatic rings. The summed E-state index contributed by atoms with van der Waals surface area (Å²) in [5, 5.41) is 4.64. The highest BCUT2D eigenvalue weighted by Crippen LogP contribution is 2.62. The Morgan fingerprint density at radius 2 is 1.91 bits per heavy atom. The lowest BCUT2D eigenvalue weighted by molar-refractivity contribution is -0.0187. The molecule has 0 unspecified atom stereocenters. The smallest absolute Gasteiger partial charge is 0.251 e. The molecule has 3 fully saturated rings. The van der Waals surface area contributed by atoms with E-state index in [0.717, 1.165) is 31.2 Å². The largest absolute Gasteiger partial charge is 0.349 e. The van der Waals surface area contributed by atoms with Crippen molar-refractivity contribution in [2.24, 2.45) is 5.41 Å². The summed E-state index contributed by atoms with van der Waals surface area (Å²) in [5.41, 5.74) is 1.63. The van der Waals surface area contributed by atoms with Gasteiger partial charge in [0.25, 0.3) is 5.91 Å². The van der Waals surface area contributed by atoms with Gasteiger partial charge in [0.05, 0.1) is 20.5 Å². The number of fused-ring (bicyclic) bond motifs is 1. The van der Waals surface area contributed by atoms with E-state index in [2.05, 4.69) is 10.3 Å². The van der Waals surface area contributed by atoms with Gasteiger partial charge >= 0.3 is 0 Å². The summed E-state index contributed by atoms with van der Waals surface area (Å²) >= 11 is 7.83. The lowest BCUT2D eigenvalue weighted by Gasteiger charge is -2.57. The molecule has 0 aliphatic heterocycles. The van der Waals surface area contributed by atoms with Crippen molar-refractivity contribution < 1.29 is 13.2 Å². The van der Waals surface area contributed by atoms with Crippen molar-refractivity contribution in [3.63, 3.8) is 0 Å². The number of nitrogens with zero attached hydrogens (tertiary/aromatic N) is 2. The van der Waals surface area contributed by atoms with E-state index in [1.54, 1.807) is 17.4 Å². The highest BCUT2D eigenvalue weighted by molar-refractivity contribution is 7.92. The van der Waals surface area contributed by atoms with Gasteiger partial charge in [0.2, 0.25) is 0 Å². The third-order valence-electron chi connectivity index (χ3n) is 7.02. The Hall–Kier alpha value is -2.03. The van der Waals surface area contributed by atoms with Crippen LogP contribution in [-0.4, -0.2) is 35.6 Å². The van der Waals surface area contributed by atoms with Crippen molar-refractivity contribution in [2.75, 3.05) is 0 Å². The van der Waals surface area contributed by atoms with Crippen LogP contribution in [-0.2, 0) is 9.84 Å². The Bertz CT molecular complexity index is 1340. The molecule has 6 rings (SSSR count). The first-order valence-corrected chi connectivity index (χ1v) is 13.6. The van der Waals surface area contributed by atoms with Crippen molar-refractivity contribution in [3.8, 4) is 0 Å². The summed E-state index contributed by atoms with van der Waals surface area (Å²) in [4.78, 5) is 21.5. The van der Waals surface area contributed by atoms with Crippen molar-refractivity contribution >= 4 is 48.9 Å². The number of carbonyl (C=O) groups is 1. The summed E-state index contributed by atoms with van der Waals surface area (Å²) in [5.74, 6) is 0.261. The minimum Gasteiger partial charge on any atom is -0.349 e. The Morgan fingerprint density at radius 3 is 2.66 bits per heavy atom. The average molecular weight is 488 g/mol. The van der Waals surface area contributed by atoms with Crippen LogP contribution in [0.4, 0.5) is 0 Å². The first-order chi connectivity index (χ1) is 15.3. The van der Waals surface area contributed by atoms with E-state index in [9.17, 15) is 13.2 Å². The highest BCUT2D eigenvalue weighted by atomic mass is 35.5. The summed E-state index contributed by atoms with van der Waals surface area (Å²) < 4.78 is 26.0. The number of pyridine rings is 1. The lowest BCUT2D eigenvalue weighted by Crippen LogP contribution is -2.55. The number of halogens is 1. The Labute approximate surface area is 195 Å². The number of sulfone groups is 1. The average Bonchev–Trinajstić information content (AvgIpc) is 3.50. The van der Waals surface area contributed by atoms with E-state index >= 15 is 0 Å². The number of benzene rings is 1. The van der Waals surface area contributed by atoms with Gasteiger partial charge in [-0.25, -0.2) is 18.4 Å². The Balaban J connectivity index is 1.06. The van der Waals surface area contributed by atoms with Gasteiger partial charge in [0, 0.05) is 28.7 Å². The maximum absolute atomic E-state index is 12.7. The second-order valence-electron chi connectivity index (χ2n) is 9.48. The molecule has 6 nitrogen and oxygen atoms in total. The first kappa shape index (κ1) is 20.6. The molecular weight excluding hydrogens is 466 g/mol. The maximum atomic E-state index is 12.7. The van der Waals surface area contributed by atoms with Gasteiger partial charge in [-0.1, -0.05) is 11.6 Å². The van der Waals surface area contributed by atoms with E-state index in [1.807, 2.05) is 18.2 Å². The van der Waals surface area contributed by atoms with Gasteiger partial charge in [-0.05, 0) is 74.3 Å². The molecule has 3 aliphatic rings. The molecule has 32 heavy (non-hydrogen) atoms. The second kappa shape index (κ2) is 7.23. The second-order valence-corrected chi connectivity index (χ2v) is 13.1. The number of aromatic nitrogens is 2. The highest BCUT2D eigenvalue weighted by Gasteiger charge is 2.54. The first-order valence-electron chi connectivity index (χ1n) is 10.9. The molecule has 0 saturated heterocycles. The van der Waals surface area contributed by atoms with Gasteiger partial charge < -0.3 is 5.32 Å². The SMILES string of the molecule is O=C(NC1CC2(C1)CC(c1nc3cc(Cl)ccc3s1)C2)c1ccnc(S(=O)(=O)C2CC2)c1. The van der Waals surface area contributed by atoms with Crippen molar-refractivity contribution in [1.29, 1.82) is 0 Å². The number of thiazole rings is 1. The molecule has 0 radical (unpaired) electrons. The molecule has 1 N–H and O–H groups in total. The Kier molecular flexibility index (Phi) is 4.65. The standard InChI is InChI=1S/C23H22ClN3O3S2/c24-15-1-4-19-18(8-15)27-22(31-19)14-9-23(10-14)11-16(12-23)26-21(28)13-5-6-25-20(7-13)32(29,30)17-2-3-17/h1,4-8,14,16-17H,2-3,9-12H2,(H,26,28). The van der Waals surface area contributed by atoms with E-state index < -0.39 is 9.84 Å². The van der Waals surface area contributed by atoms with Gasteiger partial charge in [-0.2, -0.15) is 0 Å². The monoisotopic (exact) mass is 487 g/mol. The van der Waals surface area contributed by atoms with Crippen LogP contribution in [0.5, 0.6) is 0 Å². The van der Waals surface area contributed by atoms with Gasteiger partial charge in [-0.15, -0.1) is 11.3 Å². The lowest BCUT2D eigenvalue weighted by atomic mass is 9.50.